The molecule has 176 valence electrons. The Balaban J connectivity index is 1.68. The Morgan fingerprint density at radius 3 is 2.41 bits per heavy atom. The highest BCUT2D eigenvalue weighted by atomic mass is 32.2. The Kier molecular flexibility index (Phi) is 6.41. The quantitative estimate of drug-likeness (QED) is 0.525. The van der Waals surface area contributed by atoms with Crippen molar-refractivity contribution >= 4 is 27.5 Å². The van der Waals surface area contributed by atoms with Crippen molar-refractivity contribution in [2.75, 3.05) is 12.0 Å². The molecule has 0 fully saturated rings. The minimum atomic E-state index is -4.13. The third kappa shape index (κ3) is 4.81. The zero-order valence-corrected chi connectivity index (χ0v) is 18.6. The number of nitrogens with zero attached hydrogens (tertiary/aromatic N) is 3. The third-order valence-corrected chi connectivity index (χ3v) is 6.05. The number of hydrogen-bond donors (Lipinski definition) is 2. The van der Waals surface area contributed by atoms with E-state index in [4.69, 9.17) is 4.74 Å². The normalized spacial score (nSPS) is 15.4. The zero-order chi connectivity index (χ0) is 24.3. The smallest absolute Gasteiger partial charge is 0.278 e. The lowest BCUT2D eigenvalue weighted by Gasteiger charge is -2.26. The van der Waals surface area contributed by atoms with Crippen LogP contribution >= 0.6 is 0 Å². The van der Waals surface area contributed by atoms with Gasteiger partial charge in [-0.25, -0.2) is 26.9 Å². The van der Waals surface area contributed by atoms with E-state index in [0.717, 1.165) is 23.1 Å². The number of halogens is 2. The zero-order valence-electron chi connectivity index (χ0n) is 17.8. The number of anilines is 1. The van der Waals surface area contributed by atoms with Crippen LogP contribution in [-0.4, -0.2) is 38.4 Å². The molecular weight excluding hydrogens is 468 g/mol. The van der Waals surface area contributed by atoms with Crippen molar-refractivity contribution in [2.24, 2.45) is 5.10 Å². The van der Waals surface area contributed by atoms with Gasteiger partial charge in [0, 0.05) is 6.07 Å². The SMILES string of the molecule is COc1cccc(C2=NNC(C(=O)NS(=O)(=O)Cc3ccccc3)N2c2c(F)cccc2F)n1. The summed E-state index contributed by atoms with van der Waals surface area (Å²) < 4.78 is 61.7. The van der Waals surface area contributed by atoms with Gasteiger partial charge in [0.1, 0.15) is 23.0 Å². The van der Waals surface area contributed by atoms with Crippen molar-refractivity contribution in [1.82, 2.24) is 15.1 Å². The van der Waals surface area contributed by atoms with E-state index in [9.17, 15) is 22.0 Å². The molecule has 1 aromatic heterocycles. The van der Waals surface area contributed by atoms with Crippen LogP contribution in [0.2, 0.25) is 0 Å². The standard InChI is InChI=1S/C22H19F2N5O4S/c1-33-18-12-6-11-17(25-18)20-26-27-21(29(20)19-15(23)9-5-10-16(19)24)22(30)28-34(31,32)13-14-7-3-2-4-8-14/h2-12,21,27H,13H2,1H3,(H,28,30). The summed E-state index contributed by atoms with van der Waals surface area (Å²) in [7, 11) is -2.74. The number of sulfonamides is 1. The molecule has 1 amide bonds. The molecule has 2 heterocycles. The highest BCUT2D eigenvalue weighted by molar-refractivity contribution is 7.89. The van der Waals surface area contributed by atoms with Gasteiger partial charge in [-0.3, -0.25) is 15.1 Å². The molecule has 1 unspecified atom stereocenters. The number of carbonyl (C=O) groups excluding carboxylic acids is 1. The van der Waals surface area contributed by atoms with Gasteiger partial charge in [-0.15, -0.1) is 0 Å². The summed E-state index contributed by atoms with van der Waals surface area (Å²) in [6.07, 6.45) is -1.58. The first-order valence-electron chi connectivity index (χ1n) is 9.95. The number of benzene rings is 2. The summed E-state index contributed by atoms with van der Waals surface area (Å²) in [5.74, 6) is -3.42. The maximum absolute atomic E-state index is 14.7. The lowest BCUT2D eigenvalue weighted by atomic mass is 10.2. The summed E-state index contributed by atoms with van der Waals surface area (Å²) in [6, 6.07) is 16.1. The maximum atomic E-state index is 14.7. The van der Waals surface area contributed by atoms with Gasteiger partial charge in [0.15, 0.2) is 5.84 Å². The number of nitrogens with one attached hydrogen (secondary N) is 2. The molecule has 1 atom stereocenters. The number of aromatic nitrogens is 1. The highest BCUT2D eigenvalue weighted by Gasteiger charge is 2.40. The average molecular weight is 487 g/mol. The minimum absolute atomic E-state index is 0.108. The van der Waals surface area contributed by atoms with Crippen LogP contribution in [0.3, 0.4) is 0 Å². The van der Waals surface area contributed by atoms with Crippen molar-refractivity contribution in [3.8, 4) is 5.88 Å². The first-order chi connectivity index (χ1) is 16.3. The van der Waals surface area contributed by atoms with Gasteiger partial charge in [0.2, 0.25) is 22.1 Å². The van der Waals surface area contributed by atoms with Gasteiger partial charge in [0.25, 0.3) is 5.91 Å². The van der Waals surface area contributed by atoms with Crippen LogP contribution in [0.15, 0.2) is 71.8 Å². The molecule has 12 heteroatoms. The Labute approximate surface area is 194 Å². The molecule has 2 aromatic carbocycles. The summed E-state index contributed by atoms with van der Waals surface area (Å²) in [5.41, 5.74) is 2.45. The summed E-state index contributed by atoms with van der Waals surface area (Å²) in [4.78, 5) is 18.1. The Morgan fingerprint density at radius 2 is 1.74 bits per heavy atom. The summed E-state index contributed by atoms with van der Waals surface area (Å²) in [6.45, 7) is 0. The molecule has 0 radical (unpaired) electrons. The van der Waals surface area contributed by atoms with E-state index < -0.39 is 45.2 Å². The largest absolute Gasteiger partial charge is 0.481 e. The van der Waals surface area contributed by atoms with Crippen molar-refractivity contribution in [3.63, 3.8) is 0 Å². The van der Waals surface area contributed by atoms with Gasteiger partial charge in [0.05, 0.1) is 12.9 Å². The summed E-state index contributed by atoms with van der Waals surface area (Å²) in [5, 5.41) is 4.02. The van der Waals surface area contributed by atoms with Crippen LogP contribution in [0.5, 0.6) is 5.88 Å². The lowest BCUT2D eigenvalue weighted by molar-refractivity contribution is -0.120. The molecule has 1 aliphatic heterocycles. The predicted molar refractivity (Wildman–Crippen MR) is 120 cm³/mol. The molecule has 0 saturated heterocycles. The van der Waals surface area contributed by atoms with E-state index in [-0.39, 0.29) is 17.4 Å². The Morgan fingerprint density at radius 1 is 1.06 bits per heavy atom. The monoisotopic (exact) mass is 487 g/mol. The third-order valence-electron chi connectivity index (χ3n) is 4.82. The molecular formula is C22H19F2N5O4S. The molecule has 0 saturated carbocycles. The maximum Gasteiger partial charge on any atom is 0.278 e. The van der Waals surface area contributed by atoms with Crippen LogP contribution in [0, 0.1) is 11.6 Å². The second-order valence-electron chi connectivity index (χ2n) is 7.18. The van der Waals surface area contributed by atoms with E-state index in [0.29, 0.717) is 5.56 Å². The molecule has 4 rings (SSSR count). The number of rotatable bonds is 7. The van der Waals surface area contributed by atoms with Crippen molar-refractivity contribution in [1.29, 1.82) is 0 Å². The molecule has 1 aliphatic rings. The highest BCUT2D eigenvalue weighted by Crippen LogP contribution is 2.29. The molecule has 3 aromatic rings. The van der Waals surface area contributed by atoms with E-state index >= 15 is 0 Å². The fraction of sp³-hybridized carbons (Fsp3) is 0.136. The second-order valence-corrected chi connectivity index (χ2v) is 8.91. The molecule has 34 heavy (non-hydrogen) atoms. The first-order valence-corrected chi connectivity index (χ1v) is 11.6. The number of ether oxygens (including phenoxy) is 1. The summed E-state index contributed by atoms with van der Waals surface area (Å²) >= 11 is 0. The molecule has 0 bridgehead atoms. The van der Waals surface area contributed by atoms with E-state index in [2.05, 4.69) is 15.5 Å². The van der Waals surface area contributed by atoms with E-state index in [1.54, 1.807) is 42.5 Å². The number of amidine groups is 1. The Hall–Kier alpha value is -4.06. The van der Waals surface area contributed by atoms with Crippen LogP contribution in [0.25, 0.3) is 0 Å². The van der Waals surface area contributed by atoms with Crippen LogP contribution in [-0.2, 0) is 20.6 Å². The van der Waals surface area contributed by atoms with E-state index in [1.165, 1.54) is 13.2 Å². The van der Waals surface area contributed by atoms with Crippen molar-refractivity contribution in [2.45, 2.75) is 11.9 Å². The number of methoxy groups -OCH3 is 1. The number of para-hydroxylation sites is 1. The van der Waals surface area contributed by atoms with Crippen LogP contribution in [0.4, 0.5) is 14.5 Å². The second kappa shape index (κ2) is 9.43. The van der Waals surface area contributed by atoms with Crippen LogP contribution in [0.1, 0.15) is 11.3 Å². The number of pyridine rings is 1. The van der Waals surface area contributed by atoms with E-state index in [1.807, 2.05) is 4.72 Å². The van der Waals surface area contributed by atoms with Gasteiger partial charge < -0.3 is 4.74 Å². The molecule has 0 spiro atoms. The fourth-order valence-corrected chi connectivity index (χ4v) is 4.48. The first kappa shape index (κ1) is 23.1. The topological polar surface area (TPSA) is 113 Å². The molecule has 0 aliphatic carbocycles. The van der Waals surface area contributed by atoms with Gasteiger partial charge in [-0.1, -0.05) is 42.5 Å². The van der Waals surface area contributed by atoms with Crippen LogP contribution < -0.4 is 19.8 Å². The van der Waals surface area contributed by atoms with Gasteiger partial charge in [-0.2, -0.15) is 5.10 Å². The number of hydrazone groups is 1. The van der Waals surface area contributed by atoms with Gasteiger partial charge in [-0.05, 0) is 23.8 Å². The number of amides is 1. The molecule has 9 nitrogen and oxygen atoms in total. The van der Waals surface area contributed by atoms with Gasteiger partial charge >= 0.3 is 0 Å². The fourth-order valence-electron chi connectivity index (χ4n) is 3.36. The predicted octanol–water partition coefficient (Wildman–Crippen LogP) is 2.11. The average Bonchev–Trinajstić information content (AvgIpc) is 3.24. The number of hydrogen-bond acceptors (Lipinski definition) is 8. The minimum Gasteiger partial charge on any atom is -0.481 e. The Bertz CT molecular complexity index is 1330. The van der Waals surface area contributed by atoms with Crippen molar-refractivity contribution < 1.29 is 26.7 Å². The van der Waals surface area contributed by atoms with Crippen molar-refractivity contribution in [3.05, 3.63) is 89.6 Å². The number of carbonyl (C=O) groups is 1. The lowest BCUT2D eigenvalue weighted by Crippen LogP contribution is -2.53. The molecule has 2 N–H and O–H groups in total.